The normalized spacial score (nSPS) is 14.9. The van der Waals surface area contributed by atoms with Gasteiger partial charge in [-0.3, -0.25) is 4.79 Å². The van der Waals surface area contributed by atoms with Crippen LogP contribution in [0.4, 0.5) is 23.0 Å². The van der Waals surface area contributed by atoms with Crippen LogP contribution in [0.3, 0.4) is 0 Å². The van der Waals surface area contributed by atoms with Gasteiger partial charge in [-0.1, -0.05) is 12.6 Å². The molecule has 0 unspecified atom stereocenters. The van der Waals surface area contributed by atoms with Crippen molar-refractivity contribution in [2.45, 2.75) is 11.3 Å². The number of nitrogens with zero attached hydrogens (tertiary/aromatic N) is 3. The van der Waals surface area contributed by atoms with Crippen LogP contribution in [0.5, 0.6) is 11.6 Å². The summed E-state index contributed by atoms with van der Waals surface area (Å²) in [7, 11) is 0. The number of thioether (sulfide) groups is 1. The summed E-state index contributed by atoms with van der Waals surface area (Å²) in [5.41, 5.74) is 3.67. The first-order chi connectivity index (χ1) is 16.7. The van der Waals surface area contributed by atoms with Gasteiger partial charge in [0.2, 0.25) is 17.7 Å². The molecule has 3 heterocycles. The Hall–Kier alpha value is -3.56. The molecule has 2 aromatic carbocycles. The molecule has 1 aromatic heterocycles. The van der Waals surface area contributed by atoms with Crippen LogP contribution >= 0.6 is 11.8 Å². The molecule has 1 fully saturated rings. The Kier molecular flexibility index (Phi) is 6.64. The molecular weight excluding hydrogens is 450 g/mol. The maximum Gasteiger partial charge on any atom is 0.247 e. The molecule has 9 heteroatoms. The number of carbonyl (C=O) groups is 1. The molecule has 0 aliphatic carbocycles. The van der Waals surface area contributed by atoms with E-state index in [1.807, 2.05) is 24.3 Å². The van der Waals surface area contributed by atoms with Crippen LogP contribution in [0.15, 0.2) is 66.1 Å². The molecule has 1 saturated heterocycles. The monoisotopic (exact) mass is 475 g/mol. The van der Waals surface area contributed by atoms with Crippen LogP contribution in [-0.2, 0) is 16.0 Å². The average molecular weight is 476 g/mol. The van der Waals surface area contributed by atoms with Crippen molar-refractivity contribution in [3.8, 4) is 11.6 Å². The van der Waals surface area contributed by atoms with Crippen LogP contribution in [0.25, 0.3) is 0 Å². The Morgan fingerprint density at radius 1 is 1.12 bits per heavy atom. The van der Waals surface area contributed by atoms with Crippen LogP contribution in [0, 0.1) is 0 Å². The Morgan fingerprint density at radius 3 is 2.74 bits per heavy atom. The number of ether oxygens (including phenoxy) is 2. The molecule has 0 saturated carbocycles. The number of amides is 1. The van der Waals surface area contributed by atoms with E-state index in [0.717, 1.165) is 54.8 Å². The van der Waals surface area contributed by atoms with Gasteiger partial charge in [0, 0.05) is 48.4 Å². The van der Waals surface area contributed by atoms with Gasteiger partial charge in [0.1, 0.15) is 5.75 Å². The summed E-state index contributed by atoms with van der Waals surface area (Å²) < 4.78 is 11.6. The summed E-state index contributed by atoms with van der Waals surface area (Å²) >= 11 is 1.69. The summed E-state index contributed by atoms with van der Waals surface area (Å²) in [6.07, 6.45) is 2.09. The number of nitrogens with one attached hydrogen (secondary N) is 2. The van der Waals surface area contributed by atoms with Crippen molar-refractivity contribution in [3.63, 3.8) is 0 Å². The van der Waals surface area contributed by atoms with E-state index < -0.39 is 0 Å². The van der Waals surface area contributed by atoms with Gasteiger partial charge in [0.15, 0.2) is 0 Å². The quantitative estimate of drug-likeness (QED) is 0.479. The molecule has 3 aromatic rings. The lowest BCUT2D eigenvalue weighted by molar-refractivity contribution is -0.111. The molecule has 5 rings (SSSR count). The van der Waals surface area contributed by atoms with Crippen molar-refractivity contribution in [1.29, 1.82) is 0 Å². The lowest BCUT2D eigenvalue weighted by Gasteiger charge is -2.28. The molecule has 34 heavy (non-hydrogen) atoms. The molecule has 0 bridgehead atoms. The molecule has 0 radical (unpaired) electrons. The van der Waals surface area contributed by atoms with Crippen LogP contribution in [0.2, 0.25) is 0 Å². The molecule has 174 valence electrons. The fraction of sp³-hybridized carbons (Fsp3) is 0.240. The maximum atomic E-state index is 11.6. The third-order valence-electron chi connectivity index (χ3n) is 5.49. The predicted molar refractivity (Wildman–Crippen MR) is 135 cm³/mol. The lowest BCUT2D eigenvalue weighted by atomic mass is 10.2. The summed E-state index contributed by atoms with van der Waals surface area (Å²) in [6, 6.07) is 15.4. The fourth-order valence-corrected chi connectivity index (χ4v) is 4.84. The summed E-state index contributed by atoms with van der Waals surface area (Å²) in [4.78, 5) is 24.3. The Bertz CT molecular complexity index is 1200. The van der Waals surface area contributed by atoms with Gasteiger partial charge < -0.3 is 25.0 Å². The lowest BCUT2D eigenvalue weighted by Crippen LogP contribution is -2.36. The topological polar surface area (TPSA) is 88.6 Å². The number of fused-ring (bicyclic) bond motifs is 1. The smallest absolute Gasteiger partial charge is 0.247 e. The van der Waals surface area contributed by atoms with Crippen LogP contribution in [-0.4, -0.2) is 47.9 Å². The Labute approximate surface area is 202 Å². The first-order valence-electron chi connectivity index (χ1n) is 11.1. The number of aryl methyl sites for hydroxylation is 1. The number of hydrogen-bond donors (Lipinski definition) is 2. The third kappa shape index (κ3) is 5.16. The molecule has 0 atom stereocenters. The van der Waals surface area contributed by atoms with Crippen molar-refractivity contribution >= 4 is 40.7 Å². The van der Waals surface area contributed by atoms with E-state index in [-0.39, 0.29) is 5.91 Å². The van der Waals surface area contributed by atoms with E-state index in [0.29, 0.717) is 23.3 Å². The van der Waals surface area contributed by atoms with Crippen LogP contribution < -0.4 is 20.3 Å². The minimum absolute atomic E-state index is 0.276. The van der Waals surface area contributed by atoms with Gasteiger partial charge in [-0.2, -0.15) is 4.98 Å². The zero-order valence-electron chi connectivity index (χ0n) is 18.6. The van der Waals surface area contributed by atoms with Gasteiger partial charge in [-0.15, -0.1) is 11.8 Å². The van der Waals surface area contributed by atoms with E-state index >= 15 is 0 Å². The number of aromatic nitrogens is 2. The SMILES string of the molecule is C=CC(=O)Nc1cccc(Oc2nc(Nc3ccc(N4CCOCC4)cc3)nc3c2SCC3)c1. The van der Waals surface area contributed by atoms with Gasteiger partial charge in [0.05, 0.1) is 23.8 Å². The first kappa shape index (κ1) is 22.2. The number of anilines is 4. The third-order valence-corrected chi connectivity index (χ3v) is 6.60. The second-order valence-electron chi connectivity index (χ2n) is 7.82. The van der Waals surface area contributed by atoms with Gasteiger partial charge in [0.25, 0.3) is 0 Å². The minimum atomic E-state index is -0.276. The first-order valence-corrected chi connectivity index (χ1v) is 12.1. The van der Waals surface area contributed by atoms with Crippen molar-refractivity contribution in [3.05, 3.63) is 66.9 Å². The van der Waals surface area contributed by atoms with E-state index in [2.05, 4.69) is 39.2 Å². The molecule has 0 spiro atoms. The summed E-state index contributed by atoms with van der Waals surface area (Å²) in [6.45, 7) is 6.80. The molecule has 8 nitrogen and oxygen atoms in total. The number of benzene rings is 2. The van der Waals surface area contributed by atoms with Gasteiger partial charge in [-0.25, -0.2) is 4.98 Å². The number of carbonyl (C=O) groups excluding carboxylic acids is 1. The van der Waals surface area contributed by atoms with Crippen LogP contribution in [0.1, 0.15) is 5.69 Å². The molecule has 2 aliphatic rings. The molecule has 1 amide bonds. The molecule has 2 aliphatic heterocycles. The Balaban J connectivity index is 1.34. The second kappa shape index (κ2) is 10.1. The minimum Gasteiger partial charge on any atom is -0.438 e. The average Bonchev–Trinajstić information content (AvgIpc) is 3.34. The standard InChI is InChI=1S/C25H25N5O3S/c1-2-22(31)26-18-4-3-5-20(16-18)33-24-23-21(10-15-34-23)28-25(29-24)27-17-6-8-19(9-7-17)30-11-13-32-14-12-30/h2-9,16H,1,10-15H2,(H,26,31)(H,27,28,29). The summed E-state index contributed by atoms with van der Waals surface area (Å²) in [5, 5.41) is 6.06. The van der Waals surface area contributed by atoms with Gasteiger partial charge >= 0.3 is 0 Å². The number of morpholine rings is 1. The van der Waals surface area contributed by atoms with Crippen molar-refractivity contribution in [2.24, 2.45) is 0 Å². The van der Waals surface area contributed by atoms with E-state index in [4.69, 9.17) is 14.5 Å². The van der Waals surface area contributed by atoms with E-state index in [1.54, 1.807) is 23.9 Å². The summed E-state index contributed by atoms with van der Waals surface area (Å²) in [5.74, 6) is 2.24. The van der Waals surface area contributed by atoms with Crippen molar-refractivity contribution in [2.75, 3.05) is 47.6 Å². The zero-order chi connectivity index (χ0) is 23.3. The number of hydrogen-bond acceptors (Lipinski definition) is 8. The predicted octanol–water partition coefficient (Wildman–Crippen LogP) is 4.62. The van der Waals surface area contributed by atoms with E-state index in [1.165, 1.54) is 11.8 Å². The zero-order valence-corrected chi connectivity index (χ0v) is 19.4. The number of rotatable bonds is 7. The highest BCUT2D eigenvalue weighted by molar-refractivity contribution is 7.99. The van der Waals surface area contributed by atoms with Gasteiger partial charge in [-0.05, 0) is 42.5 Å². The highest BCUT2D eigenvalue weighted by Gasteiger charge is 2.22. The molecular formula is C25H25N5O3S. The van der Waals surface area contributed by atoms with Crippen molar-refractivity contribution < 1.29 is 14.3 Å². The highest BCUT2D eigenvalue weighted by atomic mass is 32.2. The fourth-order valence-electron chi connectivity index (χ4n) is 3.81. The molecule has 2 N–H and O–H groups in total. The second-order valence-corrected chi connectivity index (χ2v) is 8.93. The Morgan fingerprint density at radius 2 is 1.94 bits per heavy atom. The van der Waals surface area contributed by atoms with E-state index in [9.17, 15) is 4.79 Å². The maximum absolute atomic E-state index is 11.6. The van der Waals surface area contributed by atoms with Crippen molar-refractivity contribution in [1.82, 2.24) is 9.97 Å². The largest absolute Gasteiger partial charge is 0.438 e. The highest BCUT2D eigenvalue weighted by Crippen LogP contribution is 2.40.